The van der Waals surface area contributed by atoms with Crippen LogP contribution in [0.4, 0.5) is 4.39 Å². The third-order valence-corrected chi connectivity index (χ3v) is 4.54. The lowest BCUT2D eigenvalue weighted by atomic mass is 9.83. The summed E-state index contributed by atoms with van der Waals surface area (Å²) in [5.74, 6) is 5.51. The van der Waals surface area contributed by atoms with E-state index in [0.717, 1.165) is 17.3 Å². The Morgan fingerprint density at radius 1 is 1.48 bits per heavy atom. The molecule has 1 aromatic rings. The summed E-state index contributed by atoms with van der Waals surface area (Å²) < 4.78 is 26.2. The Hall–Kier alpha value is -0.530. The van der Waals surface area contributed by atoms with Crippen LogP contribution in [0.2, 0.25) is 0 Å². The molecule has 1 fully saturated rings. The van der Waals surface area contributed by atoms with Crippen molar-refractivity contribution >= 4 is 15.9 Å². The van der Waals surface area contributed by atoms with Crippen molar-refractivity contribution in [3.05, 3.63) is 34.1 Å². The van der Waals surface area contributed by atoms with E-state index < -0.39 is 5.60 Å². The molecular formula is C15H22BrFN2O2. The van der Waals surface area contributed by atoms with Gasteiger partial charge in [0.25, 0.3) is 0 Å². The summed E-state index contributed by atoms with van der Waals surface area (Å²) in [7, 11) is 0. The number of hydrazine groups is 1. The molecule has 0 spiro atoms. The van der Waals surface area contributed by atoms with Crippen LogP contribution in [0.1, 0.15) is 25.3 Å². The zero-order chi connectivity index (χ0) is 15.3. The number of nitrogens with one attached hydrogen (secondary N) is 1. The van der Waals surface area contributed by atoms with E-state index in [-0.39, 0.29) is 11.9 Å². The Kier molecular flexibility index (Phi) is 6.13. The standard InChI is InChI=1S/C15H22BrFN2O2/c1-2-21-15(5-7-20-8-6-15)14(19-18)9-11-3-4-12(16)10-13(11)17/h3-4,10,14,19H,2,5-9,18H2,1H3. The predicted molar refractivity (Wildman–Crippen MR) is 83.3 cm³/mol. The Morgan fingerprint density at radius 2 is 2.19 bits per heavy atom. The van der Waals surface area contributed by atoms with Crippen LogP contribution in [0.15, 0.2) is 22.7 Å². The van der Waals surface area contributed by atoms with Gasteiger partial charge in [-0.25, -0.2) is 4.39 Å². The third kappa shape index (κ3) is 4.02. The van der Waals surface area contributed by atoms with Crippen LogP contribution in [-0.4, -0.2) is 31.5 Å². The van der Waals surface area contributed by atoms with E-state index in [4.69, 9.17) is 15.3 Å². The van der Waals surface area contributed by atoms with Crippen LogP contribution in [-0.2, 0) is 15.9 Å². The molecule has 1 aliphatic heterocycles. The number of rotatable bonds is 6. The fourth-order valence-corrected chi connectivity index (χ4v) is 3.23. The van der Waals surface area contributed by atoms with Gasteiger partial charge in [0.15, 0.2) is 0 Å². The first-order valence-corrected chi connectivity index (χ1v) is 8.02. The maximum Gasteiger partial charge on any atom is 0.127 e. The first kappa shape index (κ1) is 16.8. The van der Waals surface area contributed by atoms with Gasteiger partial charge in [0.2, 0.25) is 0 Å². The molecule has 21 heavy (non-hydrogen) atoms. The highest BCUT2D eigenvalue weighted by Gasteiger charge is 2.41. The summed E-state index contributed by atoms with van der Waals surface area (Å²) in [6, 6.07) is 4.93. The van der Waals surface area contributed by atoms with Gasteiger partial charge in [-0.15, -0.1) is 0 Å². The monoisotopic (exact) mass is 360 g/mol. The van der Waals surface area contributed by atoms with Crippen LogP contribution < -0.4 is 11.3 Å². The first-order valence-electron chi connectivity index (χ1n) is 7.23. The van der Waals surface area contributed by atoms with Crippen LogP contribution >= 0.6 is 15.9 Å². The van der Waals surface area contributed by atoms with Gasteiger partial charge in [0.05, 0.1) is 11.6 Å². The molecule has 1 atom stereocenters. The van der Waals surface area contributed by atoms with Crippen molar-refractivity contribution in [3.63, 3.8) is 0 Å². The second-order valence-corrected chi connectivity index (χ2v) is 6.18. The van der Waals surface area contributed by atoms with E-state index in [0.29, 0.717) is 31.8 Å². The average Bonchev–Trinajstić information content (AvgIpc) is 2.47. The Balaban J connectivity index is 2.20. The fourth-order valence-electron chi connectivity index (χ4n) is 2.90. The van der Waals surface area contributed by atoms with Crippen molar-refractivity contribution in [2.24, 2.45) is 5.84 Å². The number of halogens is 2. The number of ether oxygens (including phenoxy) is 2. The number of hydrogen-bond donors (Lipinski definition) is 2. The first-order chi connectivity index (χ1) is 10.1. The SMILES string of the molecule is CCOC1(C(Cc2ccc(Br)cc2F)NN)CCOCC1. The van der Waals surface area contributed by atoms with E-state index in [1.807, 2.05) is 13.0 Å². The van der Waals surface area contributed by atoms with Crippen molar-refractivity contribution in [2.75, 3.05) is 19.8 Å². The lowest BCUT2D eigenvalue weighted by Crippen LogP contribution is -2.58. The molecule has 0 aliphatic carbocycles. The Bertz CT molecular complexity index is 461. The minimum atomic E-state index is -0.402. The molecule has 0 bridgehead atoms. The van der Waals surface area contributed by atoms with Crippen molar-refractivity contribution in [1.29, 1.82) is 0 Å². The zero-order valence-corrected chi connectivity index (χ0v) is 13.8. The predicted octanol–water partition coefficient (Wildman–Crippen LogP) is 2.55. The highest BCUT2D eigenvalue weighted by Crippen LogP contribution is 2.31. The van der Waals surface area contributed by atoms with Crippen molar-refractivity contribution in [1.82, 2.24) is 5.43 Å². The zero-order valence-electron chi connectivity index (χ0n) is 12.2. The lowest BCUT2D eigenvalue weighted by Gasteiger charge is -2.43. The molecule has 4 nitrogen and oxygen atoms in total. The minimum absolute atomic E-state index is 0.156. The van der Waals surface area contributed by atoms with Gasteiger partial charge < -0.3 is 9.47 Å². The Morgan fingerprint density at radius 3 is 2.76 bits per heavy atom. The van der Waals surface area contributed by atoms with E-state index in [1.165, 1.54) is 6.07 Å². The Labute approximate surface area is 133 Å². The van der Waals surface area contributed by atoms with Crippen LogP contribution in [0.3, 0.4) is 0 Å². The van der Waals surface area contributed by atoms with Gasteiger partial charge in [0.1, 0.15) is 5.82 Å². The second-order valence-electron chi connectivity index (χ2n) is 5.27. The number of benzene rings is 1. The van der Waals surface area contributed by atoms with Gasteiger partial charge in [-0.05, 0) is 31.0 Å². The molecule has 6 heteroatoms. The second kappa shape index (κ2) is 7.65. The summed E-state index contributed by atoms with van der Waals surface area (Å²) in [6.45, 7) is 3.84. The normalized spacial score (nSPS) is 19.4. The molecule has 1 saturated heterocycles. The quantitative estimate of drug-likeness (QED) is 0.604. The molecule has 0 amide bonds. The van der Waals surface area contributed by atoms with Crippen molar-refractivity contribution in [2.45, 2.75) is 37.8 Å². The van der Waals surface area contributed by atoms with E-state index >= 15 is 0 Å². The maximum absolute atomic E-state index is 14.1. The summed E-state index contributed by atoms with van der Waals surface area (Å²) in [5.41, 5.74) is 3.06. The molecular weight excluding hydrogens is 339 g/mol. The van der Waals surface area contributed by atoms with E-state index in [9.17, 15) is 4.39 Å². The van der Waals surface area contributed by atoms with Gasteiger partial charge in [-0.3, -0.25) is 11.3 Å². The molecule has 118 valence electrons. The minimum Gasteiger partial charge on any atom is -0.381 e. The molecule has 1 heterocycles. The molecule has 0 radical (unpaired) electrons. The highest BCUT2D eigenvalue weighted by molar-refractivity contribution is 9.10. The van der Waals surface area contributed by atoms with Gasteiger partial charge >= 0.3 is 0 Å². The summed E-state index contributed by atoms with van der Waals surface area (Å²) in [4.78, 5) is 0. The van der Waals surface area contributed by atoms with Gasteiger partial charge in [0, 0.05) is 37.1 Å². The van der Waals surface area contributed by atoms with Crippen LogP contribution in [0.25, 0.3) is 0 Å². The summed E-state index contributed by atoms with van der Waals surface area (Å²) in [5, 5.41) is 0. The molecule has 0 saturated carbocycles. The molecule has 1 aliphatic rings. The summed E-state index contributed by atoms with van der Waals surface area (Å²) in [6.07, 6.45) is 2.00. The average molecular weight is 361 g/mol. The molecule has 2 rings (SSSR count). The lowest BCUT2D eigenvalue weighted by molar-refractivity contribution is -0.126. The van der Waals surface area contributed by atoms with Gasteiger partial charge in [-0.2, -0.15) is 0 Å². The molecule has 0 aromatic heterocycles. The highest BCUT2D eigenvalue weighted by atomic mass is 79.9. The van der Waals surface area contributed by atoms with E-state index in [2.05, 4.69) is 21.4 Å². The fraction of sp³-hybridized carbons (Fsp3) is 0.600. The topological polar surface area (TPSA) is 56.5 Å². The molecule has 1 aromatic carbocycles. The van der Waals surface area contributed by atoms with Crippen LogP contribution in [0.5, 0.6) is 0 Å². The largest absolute Gasteiger partial charge is 0.381 e. The van der Waals surface area contributed by atoms with Crippen molar-refractivity contribution in [3.8, 4) is 0 Å². The molecule has 3 N–H and O–H groups in total. The third-order valence-electron chi connectivity index (χ3n) is 4.05. The summed E-state index contributed by atoms with van der Waals surface area (Å²) >= 11 is 3.27. The van der Waals surface area contributed by atoms with Crippen molar-refractivity contribution < 1.29 is 13.9 Å². The molecule has 1 unspecified atom stereocenters. The number of nitrogens with two attached hydrogens (primary N) is 1. The van der Waals surface area contributed by atoms with Crippen LogP contribution in [0, 0.1) is 5.82 Å². The number of hydrogen-bond acceptors (Lipinski definition) is 4. The maximum atomic E-state index is 14.1. The van der Waals surface area contributed by atoms with Gasteiger partial charge in [-0.1, -0.05) is 22.0 Å². The van der Waals surface area contributed by atoms with E-state index in [1.54, 1.807) is 6.07 Å². The smallest absolute Gasteiger partial charge is 0.127 e.